The molecule has 1 atom stereocenters. The van der Waals surface area contributed by atoms with Gasteiger partial charge in [-0.25, -0.2) is 13.2 Å². The molecule has 118 valence electrons. The number of rotatable bonds is 4. The molecule has 7 nitrogen and oxygen atoms in total. The van der Waals surface area contributed by atoms with E-state index in [4.69, 9.17) is 10.2 Å². The normalized spacial score (nSPS) is 19.9. The fourth-order valence-corrected chi connectivity index (χ4v) is 4.55. The van der Waals surface area contributed by atoms with E-state index >= 15 is 0 Å². The number of aryl methyl sites for hydroxylation is 2. The first-order chi connectivity index (χ1) is 9.82. The average molecular weight is 316 g/mol. The number of carbonyl (C=O) groups is 1. The van der Waals surface area contributed by atoms with Gasteiger partial charge in [0, 0.05) is 13.1 Å². The Labute approximate surface area is 124 Å². The molecule has 1 aromatic rings. The van der Waals surface area contributed by atoms with Crippen LogP contribution in [0, 0.1) is 19.8 Å². The van der Waals surface area contributed by atoms with Gasteiger partial charge in [-0.05, 0) is 32.7 Å². The lowest BCUT2D eigenvalue weighted by Crippen LogP contribution is -2.31. The molecular formula is C13H20N2O5S. The molecule has 0 bridgehead atoms. The quantitative estimate of drug-likeness (QED) is 0.818. The molecule has 2 heterocycles. The van der Waals surface area contributed by atoms with Crippen LogP contribution in [0.3, 0.4) is 0 Å². The minimum absolute atomic E-state index is 0.0220. The van der Waals surface area contributed by atoms with Crippen molar-refractivity contribution < 1.29 is 22.4 Å². The van der Waals surface area contributed by atoms with Gasteiger partial charge in [0.05, 0.1) is 7.11 Å². The second-order valence-electron chi connectivity index (χ2n) is 5.16. The van der Waals surface area contributed by atoms with Crippen molar-refractivity contribution in [2.45, 2.75) is 25.2 Å². The minimum Gasteiger partial charge on any atom is -0.465 e. The molecule has 0 saturated carbocycles. The molecule has 0 aromatic carbocycles. The van der Waals surface area contributed by atoms with E-state index in [9.17, 15) is 13.2 Å². The zero-order chi connectivity index (χ0) is 15.8. The Morgan fingerprint density at radius 3 is 2.62 bits per heavy atom. The Balaban J connectivity index is 2.48. The van der Waals surface area contributed by atoms with E-state index in [1.807, 2.05) is 0 Å². The predicted octanol–water partition coefficient (Wildman–Crippen LogP) is 0.652. The molecule has 0 aliphatic carbocycles. The summed E-state index contributed by atoms with van der Waals surface area (Å²) in [5, 5.41) is 0. The van der Waals surface area contributed by atoms with E-state index in [2.05, 4.69) is 4.74 Å². The molecule has 1 aliphatic rings. The largest absolute Gasteiger partial charge is 0.465 e. The van der Waals surface area contributed by atoms with E-state index in [-0.39, 0.29) is 27.9 Å². The van der Waals surface area contributed by atoms with Crippen LogP contribution in [0.15, 0.2) is 9.31 Å². The highest BCUT2D eigenvalue weighted by Gasteiger charge is 2.38. The number of nitrogens with two attached hydrogens (primary N) is 1. The Morgan fingerprint density at radius 2 is 2.10 bits per heavy atom. The first-order valence-electron chi connectivity index (χ1n) is 6.71. The monoisotopic (exact) mass is 316 g/mol. The molecule has 2 N–H and O–H groups in total. The van der Waals surface area contributed by atoms with Crippen LogP contribution in [0.5, 0.6) is 0 Å². The standard InChI is InChI=1S/C13H20N2O5S/c1-8-11(13(16)19-3)12(9(2)20-8)21(17,18)15-5-4-10(6-14)7-15/h10H,4-7,14H2,1-3H3. The predicted molar refractivity (Wildman–Crippen MR) is 75.4 cm³/mol. The summed E-state index contributed by atoms with van der Waals surface area (Å²) in [5.74, 6) is -0.122. The maximum Gasteiger partial charge on any atom is 0.342 e. The Kier molecular flexibility index (Phi) is 4.40. The molecular weight excluding hydrogens is 296 g/mol. The van der Waals surface area contributed by atoms with Crippen molar-refractivity contribution in [3.8, 4) is 0 Å². The van der Waals surface area contributed by atoms with Crippen LogP contribution in [-0.4, -0.2) is 45.4 Å². The van der Waals surface area contributed by atoms with E-state index in [0.29, 0.717) is 19.6 Å². The topological polar surface area (TPSA) is 103 Å². The van der Waals surface area contributed by atoms with Gasteiger partial charge in [-0.3, -0.25) is 0 Å². The van der Waals surface area contributed by atoms with Crippen LogP contribution in [-0.2, 0) is 14.8 Å². The number of methoxy groups -OCH3 is 1. The molecule has 1 saturated heterocycles. The van der Waals surface area contributed by atoms with E-state index in [0.717, 1.165) is 6.42 Å². The van der Waals surface area contributed by atoms with Crippen molar-refractivity contribution in [2.75, 3.05) is 26.7 Å². The molecule has 0 radical (unpaired) electrons. The van der Waals surface area contributed by atoms with Crippen LogP contribution < -0.4 is 5.73 Å². The average Bonchev–Trinajstić information content (AvgIpc) is 3.02. The lowest BCUT2D eigenvalue weighted by molar-refractivity contribution is 0.0594. The molecule has 1 unspecified atom stereocenters. The van der Waals surface area contributed by atoms with Crippen LogP contribution in [0.4, 0.5) is 0 Å². The number of furan rings is 1. The molecule has 2 rings (SSSR count). The summed E-state index contributed by atoms with van der Waals surface area (Å²) in [7, 11) is -2.58. The number of nitrogens with zero attached hydrogens (tertiary/aromatic N) is 1. The molecule has 8 heteroatoms. The van der Waals surface area contributed by atoms with Crippen molar-refractivity contribution >= 4 is 16.0 Å². The maximum atomic E-state index is 12.8. The number of ether oxygens (including phenoxy) is 1. The van der Waals surface area contributed by atoms with E-state index in [1.54, 1.807) is 6.92 Å². The molecule has 21 heavy (non-hydrogen) atoms. The Bertz CT molecular complexity index is 650. The van der Waals surface area contributed by atoms with Crippen LogP contribution in [0.2, 0.25) is 0 Å². The first kappa shape index (κ1) is 16.0. The smallest absolute Gasteiger partial charge is 0.342 e. The van der Waals surface area contributed by atoms with Crippen LogP contribution in [0.25, 0.3) is 0 Å². The Hall–Kier alpha value is -1.38. The molecule has 1 aliphatic heterocycles. The van der Waals surface area contributed by atoms with Crippen LogP contribution in [0.1, 0.15) is 28.3 Å². The third-order valence-corrected chi connectivity index (χ3v) is 5.79. The molecule has 0 spiro atoms. The van der Waals surface area contributed by atoms with Crippen molar-refractivity contribution in [3.63, 3.8) is 0 Å². The van der Waals surface area contributed by atoms with E-state index in [1.165, 1.54) is 18.3 Å². The zero-order valence-electron chi connectivity index (χ0n) is 12.4. The highest BCUT2D eigenvalue weighted by molar-refractivity contribution is 7.89. The third-order valence-electron chi connectivity index (χ3n) is 3.77. The van der Waals surface area contributed by atoms with Gasteiger partial charge >= 0.3 is 5.97 Å². The van der Waals surface area contributed by atoms with E-state index < -0.39 is 16.0 Å². The highest BCUT2D eigenvalue weighted by Crippen LogP contribution is 2.32. The third kappa shape index (κ3) is 2.70. The highest BCUT2D eigenvalue weighted by atomic mass is 32.2. The van der Waals surface area contributed by atoms with Gasteiger partial charge < -0.3 is 14.9 Å². The van der Waals surface area contributed by atoms with Crippen LogP contribution >= 0.6 is 0 Å². The second-order valence-corrected chi connectivity index (χ2v) is 7.04. The van der Waals surface area contributed by atoms with Gasteiger partial charge in [-0.1, -0.05) is 0 Å². The van der Waals surface area contributed by atoms with Gasteiger partial charge in [0.25, 0.3) is 0 Å². The number of hydrogen-bond acceptors (Lipinski definition) is 6. The summed E-state index contributed by atoms with van der Waals surface area (Å²) in [4.78, 5) is 11.8. The van der Waals surface area contributed by atoms with Crippen molar-refractivity contribution in [1.29, 1.82) is 0 Å². The molecule has 0 amide bonds. The molecule has 1 fully saturated rings. The fraction of sp³-hybridized carbons (Fsp3) is 0.615. The lowest BCUT2D eigenvalue weighted by Gasteiger charge is -2.16. The van der Waals surface area contributed by atoms with Crippen molar-refractivity contribution in [1.82, 2.24) is 4.31 Å². The van der Waals surface area contributed by atoms with Gasteiger partial charge in [-0.15, -0.1) is 0 Å². The number of carbonyl (C=O) groups excluding carboxylic acids is 1. The van der Waals surface area contributed by atoms with Gasteiger partial charge in [-0.2, -0.15) is 4.31 Å². The molecule has 1 aromatic heterocycles. The lowest BCUT2D eigenvalue weighted by atomic mass is 10.1. The first-order valence-corrected chi connectivity index (χ1v) is 8.15. The summed E-state index contributed by atoms with van der Waals surface area (Å²) < 4.78 is 36.9. The summed E-state index contributed by atoms with van der Waals surface area (Å²) in [6.45, 7) is 4.28. The van der Waals surface area contributed by atoms with Crippen molar-refractivity contribution in [3.05, 3.63) is 17.1 Å². The SMILES string of the molecule is COC(=O)c1c(C)oc(C)c1S(=O)(=O)N1CCC(CN)C1. The number of esters is 1. The van der Waals surface area contributed by atoms with Gasteiger partial charge in [0.2, 0.25) is 10.0 Å². The summed E-state index contributed by atoms with van der Waals surface area (Å²) in [6, 6.07) is 0. The van der Waals surface area contributed by atoms with Gasteiger partial charge in [0.1, 0.15) is 22.0 Å². The summed E-state index contributed by atoms with van der Waals surface area (Å²) >= 11 is 0. The summed E-state index contributed by atoms with van der Waals surface area (Å²) in [6.07, 6.45) is 0.721. The maximum absolute atomic E-state index is 12.8. The van der Waals surface area contributed by atoms with Gasteiger partial charge in [0.15, 0.2) is 0 Å². The second kappa shape index (κ2) is 5.78. The fourth-order valence-electron chi connectivity index (χ4n) is 2.65. The summed E-state index contributed by atoms with van der Waals surface area (Å²) in [5.41, 5.74) is 5.58. The zero-order valence-corrected chi connectivity index (χ0v) is 13.2. The number of hydrogen-bond donors (Lipinski definition) is 1. The number of sulfonamides is 1. The van der Waals surface area contributed by atoms with Crippen molar-refractivity contribution in [2.24, 2.45) is 11.7 Å². The Morgan fingerprint density at radius 1 is 1.43 bits per heavy atom. The minimum atomic E-state index is -3.79.